The second-order valence-corrected chi connectivity index (χ2v) is 4.66. The molecule has 0 bridgehead atoms. The topological polar surface area (TPSA) is 56.1 Å². The first kappa shape index (κ1) is 15.0. The van der Waals surface area contributed by atoms with Gasteiger partial charge < -0.3 is 10.1 Å². The van der Waals surface area contributed by atoms with Crippen LogP contribution in [0.3, 0.4) is 0 Å². The molecule has 21 heavy (non-hydrogen) atoms. The third-order valence-electron chi connectivity index (χ3n) is 3.05. The number of carbonyl (C=O) groups is 1. The number of nitrogens with zero attached hydrogens (tertiary/aromatic N) is 2. The van der Waals surface area contributed by atoms with Gasteiger partial charge in [-0.2, -0.15) is 5.10 Å². The lowest BCUT2D eigenvalue weighted by Crippen LogP contribution is -2.31. The Bertz CT molecular complexity index is 595. The molecule has 0 saturated heterocycles. The quantitative estimate of drug-likeness (QED) is 0.888. The zero-order valence-electron chi connectivity index (χ0n) is 12.0. The van der Waals surface area contributed by atoms with E-state index in [9.17, 15) is 9.18 Å². The van der Waals surface area contributed by atoms with Gasteiger partial charge in [-0.05, 0) is 31.5 Å². The van der Waals surface area contributed by atoms with Gasteiger partial charge in [0.1, 0.15) is 5.82 Å². The van der Waals surface area contributed by atoms with Crippen LogP contribution >= 0.6 is 0 Å². The summed E-state index contributed by atoms with van der Waals surface area (Å²) in [7, 11) is 0. The summed E-state index contributed by atoms with van der Waals surface area (Å²) < 4.78 is 19.9. The zero-order chi connectivity index (χ0) is 15.2. The van der Waals surface area contributed by atoms with E-state index in [4.69, 9.17) is 4.74 Å². The number of halogens is 1. The van der Waals surface area contributed by atoms with Gasteiger partial charge in [0.05, 0.1) is 18.4 Å². The predicted octanol–water partition coefficient (Wildman–Crippen LogP) is 2.30. The second kappa shape index (κ2) is 6.88. The van der Waals surface area contributed by atoms with Gasteiger partial charge in [-0.15, -0.1) is 0 Å². The molecule has 5 nitrogen and oxygen atoms in total. The van der Waals surface area contributed by atoms with Gasteiger partial charge in [0, 0.05) is 6.54 Å². The van der Waals surface area contributed by atoms with Gasteiger partial charge in [-0.25, -0.2) is 4.39 Å². The molecule has 0 fully saturated rings. The van der Waals surface area contributed by atoms with Gasteiger partial charge >= 0.3 is 0 Å². The maximum Gasteiger partial charge on any atom is 0.258 e. The van der Waals surface area contributed by atoms with Crippen LogP contribution in [0.2, 0.25) is 0 Å². The molecule has 0 aliphatic carbocycles. The number of ether oxygens (including phenoxy) is 1. The predicted molar refractivity (Wildman–Crippen MR) is 76.4 cm³/mol. The number of amides is 1. The standard InChI is InChI=1S/C15H18FN3O2/c1-3-19-9-14(8-17-19)21-10-15(20)18-11(2)12-4-6-13(16)7-5-12/h4-9,11H,3,10H2,1-2H3,(H,18,20). The average Bonchev–Trinajstić information content (AvgIpc) is 2.94. The van der Waals surface area contributed by atoms with Crippen molar-refractivity contribution in [2.75, 3.05) is 6.61 Å². The van der Waals surface area contributed by atoms with E-state index in [1.54, 1.807) is 29.2 Å². The van der Waals surface area contributed by atoms with E-state index in [0.717, 1.165) is 12.1 Å². The lowest BCUT2D eigenvalue weighted by Gasteiger charge is -2.14. The number of benzene rings is 1. The minimum Gasteiger partial charge on any atom is -0.480 e. The average molecular weight is 291 g/mol. The Balaban J connectivity index is 1.82. The molecule has 0 aliphatic rings. The van der Waals surface area contributed by atoms with Gasteiger partial charge in [0.2, 0.25) is 0 Å². The van der Waals surface area contributed by atoms with Crippen LogP contribution in [-0.2, 0) is 11.3 Å². The van der Waals surface area contributed by atoms with Crippen LogP contribution in [-0.4, -0.2) is 22.3 Å². The van der Waals surface area contributed by atoms with Crippen molar-refractivity contribution >= 4 is 5.91 Å². The van der Waals surface area contributed by atoms with Crippen molar-refractivity contribution in [1.82, 2.24) is 15.1 Å². The van der Waals surface area contributed by atoms with Gasteiger partial charge in [0.25, 0.3) is 5.91 Å². The lowest BCUT2D eigenvalue weighted by atomic mass is 10.1. The molecule has 0 saturated carbocycles. The first-order chi connectivity index (χ1) is 10.1. The van der Waals surface area contributed by atoms with Gasteiger partial charge in [0.15, 0.2) is 12.4 Å². The van der Waals surface area contributed by atoms with Crippen LogP contribution in [0.1, 0.15) is 25.5 Å². The molecule has 0 aliphatic heterocycles. The molecule has 0 spiro atoms. The van der Waals surface area contributed by atoms with Crippen molar-refractivity contribution in [1.29, 1.82) is 0 Å². The van der Waals surface area contributed by atoms with Crippen molar-refractivity contribution in [3.05, 3.63) is 48.0 Å². The number of carbonyl (C=O) groups excluding carboxylic acids is 1. The number of aromatic nitrogens is 2. The Morgan fingerprint density at radius 2 is 2.14 bits per heavy atom. The molecule has 1 aromatic carbocycles. The Morgan fingerprint density at radius 1 is 1.43 bits per heavy atom. The monoisotopic (exact) mass is 291 g/mol. The summed E-state index contributed by atoms with van der Waals surface area (Å²) in [6.45, 7) is 4.46. The summed E-state index contributed by atoms with van der Waals surface area (Å²) in [4.78, 5) is 11.8. The molecule has 1 amide bonds. The molecule has 0 radical (unpaired) electrons. The molecule has 1 heterocycles. The molecule has 1 unspecified atom stereocenters. The number of hydrogen-bond acceptors (Lipinski definition) is 3. The van der Waals surface area contributed by atoms with E-state index < -0.39 is 0 Å². The highest BCUT2D eigenvalue weighted by atomic mass is 19.1. The molecule has 6 heteroatoms. The molecule has 1 N–H and O–H groups in total. The third-order valence-corrected chi connectivity index (χ3v) is 3.05. The van der Waals surface area contributed by atoms with Crippen LogP contribution in [0.15, 0.2) is 36.7 Å². The van der Waals surface area contributed by atoms with E-state index in [0.29, 0.717) is 5.75 Å². The van der Waals surface area contributed by atoms with Crippen LogP contribution in [0.25, 0.3) is 0 Å². The Hall–Kier alpha value is -2.37. The van der Waals surface area contributed by atoms with Crippen molar-refractivity contribution < 1.29 is 13.9 Å². The molecule has 1 aromatic heterocycles. The van der Waals surface area contributed by atoms with E-state index in [2.05, 4.69) is 10.4 Å². The van der Waals surface area contributed by atoms with Crippen LogP contribution in [0.5, 0.6) is 5.75 Å². The molecule has 112 valence electrons. The summed E-state index contributed by atoms with van der Waals surface area (Å²) in [6, 6.07) is 5.82. The Morgan fingerprint density at radius 3 is 2.76 bits per heavy atom. The number of hydrogen-bond donors (Lipinski definition) is 1. The van der Waals surface area contributed by atoms with Gasteiger partial charge in [-0.1, -0.05) is 12.1 Å². The fourth-order valence-electron chi connectivity index (χ4n) is 1.86. The normalized spacial score (nSPS) is 12.0. The Labute approximate surface area is 122 Å². The first-order valence-corrected chi connectivity index (χ1v) is 6.78. The second-order valence-electron chi connectivity index (χ2n) is 4.66. The largest absolute Gasteiger partial charge is 0.480 e. The highest BCUT2D eigenvalue weighted by Crippen LogP contribution is 2.13. The highest BCUT2D eigenvalue weighted by Gasteiger charge is 2.10. The molecular weight excluding hydrogens is 273 g/mol. The summed E-state index contributed by atoms with van der Waals surface area (Å²) >= 11 is 0. The molecule has 2 rings (SSSR count). The van der Waals surface area contributed by atoms with E-state index in [1.165, 1.54) is 12.1 Å². The summed E-state index contributed by atoms with van der Waals surface area (Å²) in [5.41, 5.74) is 0.837. The summed E-state index contributed by atoms with van der Waals surface area (Å²) in [5.74, 6) is 0.0195. The van der Waals surface area contributed by atoms with E-state index in [-0.39, 0.29) is 24.4 Å². The number of nitrogens with one attached hydrogen (secondary N) is 1. The SMILES string of the molecule is CCn1cc(OCC(=O)NC(C)c2ccc(F)cc2)cn1. The van der Waals surface area contributed by atoms with Gasteiger partial charge in [-0.3, -0.25) is 9.48 Å². The minimum absolute atomic E-state index is 0.0824. The van der Waals surface area contributed by atoms with Crippen molar-refractivity contribution in [2.24, 2.45) is 0 Å². The third kappa shape index (κ3) is 4.30. The highest BCUT2D eigenvalue weighted by molar-refractivity contribution is 5.77. The maximum absolute atomic E-state index is 12.8. The van der Waals surface area contributed by atoms with Crippen molar-refractivity contribution in [3.8, 4) is 5.75 Å². The summed E-state index contributed by atoms with van der Waals surface area (Å²) in [6.07, 6.45) is 3.30. The fourth-order valence-corrected chi connectivity index (χ4v) is 1.86. The lowest BCUT2D eigenvalue weighted by molar-refractivity contribution is -0.123. The maximum atomic E-state index is 12.8. The van der Waals surface area contributed by atoms with Crippen molar-refractivity contribution in [2.45, 2.75) is 26.4 Å². The van der Waals surface area contributed by atoms with E-state index in [1.807, 2.05) is 13.8 Å². The van der Waals surface area contributed by atoms with Crippen LogP contribution in [0.4, 0.5) is 4.39 Å². The van der Waals surface area contributed by atoms with Crippen molar-refractivity contribution in [3.63, 3.8) is 0 Å². The molecule has 1 atom stereocenters. The minimum atomic E-state index is -0.298. The van der Waals surface area contributed by atoms with E-state index >= 15 is 0 Å². The summed E-state index contributed by atoms with van der Waals surface area (Å²) in [5, 5.41) is 6.85. The first-order valence-electron chi connectivity index (χ1n) is 6.78. The molecular formula is C15H18FN3O2. The zero-order valence-corrected chi connectivity index (χ0v) is 12.0. The smallest absolute Gasteiger partial charge is 0.258 e. The van der Waals surface area contributed by atoms with Crippen LogP contribution < -0.4 is 10.1 Å². The molecule has 2 aromatic rings. The Kier molecular flexibility index (Phi) is 4.92. The number of rotatable bonds is 6. The number of aryl methyl sites for hydroxylation is 1. The fraction of sp³-hybridized carbons (Fsp3) is 0.333. The van der Waals surface area contributed by atoms with Crippen LogP contribution in [0, 0.1) is 5.82 Å².